The number of aromatic nitrogens is 1. The zero-order chi connectivity index (χ0) is 10.6. The third kappa shape index (κ3) is 3.09. The fraction of sp³-hybridized carbons (Fsp3) is 0.545. The van der Waals surface area contributed by atoms with Crippen LogP contribution in [-0.4, -0.2) is 22.7 Å². The van der Waals surface area contributed by atoms with Crippen molar-refractivity contribution in [3.63, 3.8) is 0 Å². The molecule has 2 N–H and O–H groups in total. The van der Waals surface area contributed by atoms with Crippen molar-refractivity contribution in [2.75, 3.05) is 6.54 Å². The van der Waals surface area contributed by atoms with E-state index in [9.17, 15) is 0 Å². The van der Waals surface area contributed by atoms with Crippen LogP contribution >= 0.6 is 0 Å². The lowest BCUT2D eigenvalue weighted by Crippen LogP contribution is -2.27. The predicted octanol–water partition coefficient (Wildman–Crippen LogP) is 1.42. The van der Waals surface area contributed by atoms with Crippen molar-refractivity contribution in [1.82, 2.24) is 10.3 Å². The molecule has 0 aliphatic rings. The van der Waals surface area contributed by atoms with Crippen LogP contribution in [0.5, 0.6) is 0 Å². The fourth-order valence-electron chi connectivity index (χ4n) is 1.39. The topological polar surface area (TPSA) is 45.2 Å². The van der Waals surface area contributed by atoms with E-state index in [0.717, 1.165) is 0 Å². The minimum atomic E-state index is -0.311. The predicted molar refractivity (Wildman–Crippen MR) is 57.1 cm³/mol. The van der Waals surface area contributed by atoms with Crippen molar-refractivity contribution < 1.29 is 5.11 Å². The minimum absolute atomic E-state index is 0.235. The lowest BCUT2D eigenvalue weighted by atomic mass is 10.1. The summed E-state index contributed by atoms with van der Waals surface area (Å²) in [5, 5.41) is 12.4. The molecule has 2 atom stereocenters. The monoisotopic (exact) mass is 194 g/mol. The van der Waals surface area contributed by atoms with Gasteiger partial charge in [0.05, 0.1) is 6.10 Å². The number of rotatable bonds is 4. The lowest BCUT2D eigenvalue weighted by molar-refractivity contribution is 0.187. The normalized spacial score (nSPS) is 15.1. The average molecular weight is 194 g/mol. The molecule has 0 amide bonds. The molecular weight excluding hydrogens is 176 g/mol. The Labute approximate surface area is 85.2 Å². The van der Waals surface area contributed by atoms with Gasteiger partial charge in [-0.1, -0.05) is 0 Å². The van der Waals surface area contributed by atoms with Crippen LogP contribution in [0.15, 0.2) is 18.5 Å². The Hall–Kier alpha value is -0.930. The molecule has 0 saturated carbocycles. The van der Waals surface area contributed by atoms with Gasteiger partial charge in [-0.3, -0.25) is 4.98 Å². The SMILES string of the molecule is Cc1ccncc1C(C)NC[C@@H](C)O. The first kappa shape index (κ1) is 11.1. The molecule has 14 heavy (non-hydrogen) atoms. The summed E-state index contributed by atoms with van der Waals surface area (Å²) in [6, 6.07) is 2.23. The molecule has 1 aromatic rings. The first-order chi connectivity index (χ1) is 6.61. The summed E-state index contributed by atoms with van der Waals surface area (Å²) in [5.41, 5.74) is 2.42. The molecular formula is C11H18N2O. The molecule has 0 bridgehead atoms. The van der Waals surface area contributed by atoms with Gasteiger partial charge in [0.1, 0.15) is 0 Å². The number of aliphatic hydroxyl groups excluding tert-OH is 1. The summed E-state index contributed by atoms with van der Waals surface area (Å²) in [6.07, 6.45) is 3.35. The number of pyridine rings is 1. The summed E-state index contributed by atoms with van der Waals surface area (Å²) >= 11 is 0. The van der Waals surface area contributed by atoms with Gasteiger partial charge in [0, 0.05) is 25.0 Å². The highest BCUT2D eigenvalue weighted by atomic mass is 16.3. The highest BCUT2D eigenvalue weighted by Gasteiger charge is 2.08. The molecule has 0 fully saturated rings. The summed E-state index contributed by atoms with van der Waals surface area (Å²) < 4.78 is 0. The molecule has 1 aromatic heterocycles. The number of nitrogens with one attached hydrogen (secondary N) is 1. The van der Waals surface area contributed by atoms with E-state index in [-0.39, 0.29) is 12.1 Å². The van der Waals surface area contributed by atoms with E-state index < -0.39 is 0 Å². The van der Waals surface area contributed by atoms with Crippen LogP contribution in [0.3, 0.4) is 0 Å². The Morgan fingerprint density at radius 3 is 2.79 bits per heavy atom. The van der Waals surface area contributed by atoms with Crippen LogP contribution in [-0.2, 0) is 0 Å². The second-order valence-electron chi connectivity index (χ2n) is 3.71. The van der Waals surface area contributed by atoms with Gasteiger partial charge in [0.25, 0.3) is 0 Å². The van der Waals surface area contributed by atoms with Gasteiger partial charge in [0.2, 0.25) is 0 Å². The summed E-state index contributed by atoms with van der Waals surface area (Å²) in [7, 11) is 0. The van der Waals surface area contributed by atoms with Gasteiger partial charge in [0.15, 0.2) is 0 Å². The highest BCUT2D eigenvalue weighted by molar-refractivity contribution is 5.24. The molecule has 1 heterocycles. The zero-order valence-corrected chi connectivity index (χ0v) is 8.99. The molecule has 3 heteroatoms. The summed E-state index contributed by atoms with van der Waals surface area (Å²) in [5.74, 6) is 0. The van der Waals surface area contributed by atoms with E-state index in [1.165, 1.54) is 11.1 Å². The molecule has 0 aliphatic carbocycles. The Morgan fingerprint density at radius 1 is 1.50 bits per heavy atom. The zero-order valence-electron chi connectivity index (χ0n) is 8.99. The van der Waals surface area contributed by atoms with Crippen molar-refractivity contribution in [3.8, 4) is 0 Å². The van der Waals surface area contributed by atoms with E-state index >= 15 is 0 Å². The quantitative estimate of drug-likeness (QED) is 0.762. The molecule has 0 aromatic carbocycles. The second kappa shape index (κ2) is 5.08. The molecule has 1 unspecified atom stereocenters. The average Bonchev–Trinajstić information content (AvgIpc) is 2.15. The molecule has 0 saturated heterocycles. The van der Waals surface area contributed by atoms with Crippen LogP contribution in [0.1, 0.15) is 31.0 Å². The Kier molecular flexibility index (Phi) is 4.04. The Bertz CT molecular complexity index is 286. The van der Waals surface area contributed by atoms with Crippen LogP contribution in [0, 0.1) is 6.92 Å². The molecule has 0 spiro atoms. The van der Waals surface area contributed by atoms with Crippen molar-refractivity contribution >= 4 is 0 Å². The van der Waals surface area contributed by atoms with Gasteiger partial charge < -0.3 is 10.4 Å². The number of aliphatic hydroxyl groups is 1. The molecule has 78 valence electrons. The summed E-state index contributed by atoms with van der Waals surface area (Å²) in [6.45, 7) is 6.52. The number of hydrogen-bond acceptors (Lipinski definition) is 3. The largest absolute Gasteiger partial charge is 0.392 e. The van der Waals surface area contributed by atoms with Gasteiger partial charge in [-0.25, -0.2) is 0 Å². The van der Waals surface area contributed by atoms with E-state index in [2.05, 4.69) is 24.1 Å². The van der Waals surface area contributed by atoms with Gasteiger partial charge >= 0.3 is 0 Å². The molecule has 3 nitrogen and oxygen atoms in total. The van der Waals surface area contributed by atoms with Crippen molar-refractivity contribution in [2.45, 2.75) is 32.9 Å². The van der Waals surface area contributed by atoms with Crippen molar-refractivity contribution in [3.05, 3.63) is 29.6 Å². The smallest absolute Gasteiger partial charge is 0.0636 e. The summed E-state index contributed by atoms with van der Waals surface area (Å²) in [4.78, 5) is 4.09. The van der Waals surface area contributed by atoms with Gasteiger partial charge in [-0.2, -0.15) is 0 Å². The fourth-order valence-corrected chi connectivity index (χ4v) is 1.39. The third-order valence-corrected chi connectivity index (χ3v) is 2.27. The number of aryl methyl sites for hydroxylation is 1. The Balaban J connectivity index is 2.60. The highest BCUT2D eigenvalue weighted by Crippen LogP contribution is 2.14. The maximum atomic E-state index is 9.14. The standard InChI is InChI=1S/C11H18N2O/c1-8-4-5-12-7-11(8)10(3)13-6-9(2)14/h4-5,7,9-10,13-14H,6H2,1-3H3/t9-,10?/m1/s1. The van der Waals surface area contributed by atoms with Gasteiger partial charge in [-0.05, 0) is 38.0 Å². The van der Waals surface area contributed by atoms with Crippen LogP contribution in [0.25, 0.3) is 0 Å². The number of nitrogens with zero attached hydrogens (tertiary/aromatic N) is 1. The van der Waals surface area contributed by atoms with Crippen molar-refractivity contribution in [2.24, 2.45) is 0 Å². The van der Waals surface area contributed by atoms with E-state index in [1.807, 2.05) is 12.3 Å². The van der Waals surface area contributed by atoms with Crippen LogP contribution in [0.4, 0.5) is 0 Å². The van der Waals surface area contributed by atoms with E-state index in [1.54, 1.807) is 13.1 Å². The molecule has 0 radical (unpaired) electrons. The Morgan fingerprint density at radius 2 is 2.21 bits per heavy atom. The van der Waals surface area contributed by atoms with Gasteiger partial charge in [-0.15, -0.1) is 0 Å². The lowest BCUT2D eigenvalue weighted by Gasteiger charge is -2.16. The first-order valence-electron chi connectivity index (χ1n) is 4.93. The second-order valence-corrected chi connectivity index (χ2v) is 3.71. The van der Waals surface area contributed by atoms with Crippen molar-refractivity contribution in [1.29, 1.82) is 0 Å². The minimum Gasteiger partial charge on any atom is -0.392 e. The van der Waals surface area contributed by atoms with Crippen LogP contribution in [0.2, 0.25) is 0 Å². The van der Waals surface area contributed by atoms with E-state index in [4.69, 9.17) is 5.11 Å². The molecule has 1 rings (SSSR count). The number of hydrogen-bond donors (Lipinski definition) is 2. The first-order valence-corrected chi connectivity index (χ1v) is 4.93. The maximum Gasteiger partial charge on any atom is 0.0636 e. The third-order valence-electron chi connectivity index (χ3n) is 2.27. The van der Waals surface area contributed by atoms with Crippen LogP contribution < -0.4 is 5.32 Å². The maximum absolute atomic E-state index is 9.14. The van der Waals surface area contributed by atoms with E-state index in [0.29, 0.717) is 6.54 Å². The molecule has 0 aliphatic heterocycles.